The third-order valence-corrected chi connectivity index (χ3v) is 2.35. The first-order chi connectivity index (χ1) is 6.40. The molecule has 0 saturated heterocycles. The Morgan fingerprint density at radius 2 is 1.64 bits per heavy atom. The second-order valence-corrected chi connectivity index (χ2v) is 4.18. The topological polar surface area (TPSA) is 34.1 Å². The highest BCUT2D eigenvalue weighted by Crippen LogP contribution is 2.13. The first kappa shape index (κ1) is 11.0. The van der Waals surface area contributed by atoms with Crippen molar-refractivity contribution >= 4 is 10.2 Å². The third-order valence-electron chi connectivity index (χ3n) is 1.66. The summed E-state index contributed by atoms with van der Waals surface area (Å²) < 4.78 is 58.0. The molecule has 0 saturated carbocycles. The van der Waals surface area contributed by atoms with Crippen molar-refractivity contribution in [3.8, 4) is 0 Å². The van der Waals surface area contributed by atoms with E-state index >= 15 is 0 Å². The van der Waals surface area contributed by atoms with Crippen LogP contribution in [0, 0.1) is 11.6 Å². The predicted molar refractivity (Wildman–Crippen MR) is 45.0 cm³/mol. The second kappa shape index (κ2) is 4.00. The fourth-order valence-corrected chi connectivity index (χ4v) is 1.44. The summed E-state index contributed by atoms with van der Waals surface area (Å²) in [5.41, 5.74) is -0.409. The first-order valence-electron chi connectivity index (χ1n) is 3.75. The Morgan fingerprint density at radius 1 is 1.14 bits per heavy atom. The Bertz CT molecular complexity index is 408. The summed E-state index contributed by atoms with van der Waals surface area (Å²) in [6.07, 6.45) is -0.503. The molecule has 1 aromatic carbocycles. The molecule has 1 rings (SSSR count). The van der Waals surface area contributed by atoms with E-state index in [1.54, 1.807) is 0 Å². The van der Waals surface area contributed by atoms with Crippen LogP contribution in [0.25, 0.3) is 0 Å². The smallest absolute Gasteiger partial charge is 0.207 e. The number of hydrogen-bond acceptors (Lipinski definition) is 2. The lowest BCUT2D eigenvalue weighted by atomic mass is 10.1. The summed E-state index contributed by atoms with van der Waals surface area (Å²) in [5.74, 6) is -2.65. The molecule has 14 heavy (non-hydrogen) atoms. The first-order valence-corrected chi connectivity index (χ1v) is 5.30. The standard InChI is InChI=1S/C8H7F3O2S/c9-7-2-1-3-8(10)6(7)4-5-14(11,12)13/h1-3H,4-5H2. The van der Waals surface area contributed by atoms with Crippen molar-refractivity contribution in [1.82, 2.24) is 0 Å². The monoisotopic (exact) mass is 224 g/mol. The van der Waals surface area contributed by atoms with Gasteiger partial charge < -0.3 is 0 Å². The highest BCUT2D eigenvalue weighted by Gasteiger charge is 2.13. The quantitative estimate of drug-likeness (QED) is 0.734. The predicted octanol–water partition coefficient (Wildman–Crippen LogP) is 1.81. The molecule has 78 valence electrons. The summed E-state index contributed by atoms with van der Waals surface area (Å²) >= 11 is 0. The molecule has 0 bridgehead atoms. The molecule has 0 aliphatic heterocycles. The van der Waals surface area contributed by atoms with Gasteiger partial charge in [-0.25, -0.2) is 8.78 Å². The Morgan fingerprint density at radius 3 is 2.07 bits per heavy atom. The van der Waals surface area contributed by atoms with Crippen LogP contribution in [0.15, 0.2) is 18.2 Å². The molecular weight excluding hydrogens is 217 g/mol. The minimum atomic E-state index is -4.69. The average molecular weight is 224 g/mol. The van der Waals surface area contributed by atoms with Gasteiger partial charge in [-0.1, -0.05) is 6.07 Å². The average Bonchev–Trinajstić information content (AvgIpc) is 2.01. The van der Waals surface area contributed by atoms with Crippen LogP contribution >= 0.6 is 0 Å². The molecular formula is C8H7F3O2S. The lowest BCUT2D eigenvalue weighted by Gasteiger charge is -2.01. The van der Waals surface area contributed by atoms with Gasteiger partial charge in [0.1, 0.15) is 11.6 Å². The fourth-order valence-electron chi connectivity index (χ4n) is 0.995. The Labute approximate surface area is 79.6 Å². The molecule has 0 spiro atoms. The summed E-state index contributed by atoms with van der Waals surface area (Å²) in [4.78, 5) is 0. The van der Waals surface area contributed by atoms with E-state index in [9.17, 15) is 21.1 Å². The van der Waals surface area contributed by atoms with Crippen molar-refractivity contribution in [3.05, 3.63) is 35.4 Å². The molecule has 2 nitrogen and oxygen atoms in total. The molecule has 0 atom stereocenters. The van der Waals surface area contributed by atoms with Gasteiger partial charge in [0.05, 0.1) is 5.75 Å². The van der Waals surface area contributed by atoms with Crippen LogP contribution in [0.3, 0.4) is 0 Å². The molecule has 0 heterocycles. The van der Waals surface area contributed by atoms with E-state index in [0.29, 0.717) is 0 Å². The van der Waals surface area contributed by atoms with Crippen molar-refractivity contribution in [2.24, 2.45) is 0 Å². The van der Waals surface area contributed by atoms with E-state index in [1.165, 1.54) is 0 Å². The van der Waals surface area contributed by atoms with Crippen LogP contribution < -0.4 is 0 Å². The molecule has 0 unspecified atom stereocenters. The summed E-state index contributed by atoms with van der Waals surface area (Å²) in [6, 6.07) is 3.13. The summed E-state index contributed by atoms with van der Waals surface area (Å²) in [7, 11) is -4.69. The molecule has 0 radical (unpaired) electrons. The van der Waals surface area contributed by atoms with Crippen molar-refractivity contribution in [2.45, 2.75) is 6.42 Å². The van der Waals surface area contributed by atoms with Gasteiger partial charge >= 0.3 is 10.2 Å². The van der Waals surface area contributed by atoms with Gasteiger partial charge in [0.25, 0.3) is 0 Å². The van der Waals surface area contributed by atoms with Gasteiger partial charge in [-0.2, -0.15) is 8.42 Å². The van der Waals surface area contributed by atoms with E-state index < -0.39 is 39.6 Å². The molecule has 0 aliphatic carbocycles. The van der Waals surface area contributed by atoms with Crippen molar-refractivity contribution < 1.29 is 21.1 Å². The van der Waals surface area contributed by atoms with Gasteiger partial charge in [0.2, 0.25) is 0 Å². The normalized spacial score (nSPS) is 11.6. The van der Waals surface area contributed by atoms with Gasteiger partial charge in [0, 0.05) is 5.56 Å². The number of hydrogen-bond donors (Lipinski definition) is 0. The van der Waals surface area contributed by atoms with Crippen LogP contribution in [0.1, 0.15) is 5.56 Å². The van der Waals surface area contributed by atoms with Crippen molar-refractivity contribution in [3.63, 3.8) is 0 Å². The largest absolute Gasteiger partial charge is 0.302 e. The zero-order valence-corrected chi connectivity index (χ0v) is 7.82. The zero-order valence-electron chi connectivity index (χ0n) is 7.00. The van der Waals surface area contributed by atoms with E-state index in [-0.39, 0.29) is 0 Å². The van der Waals surface area contributed by atoms with Crippen molar-refractivity contribution in [2.75, 3.05) is 5.75 Å². The molecule has 0 aliphatic rings. The summed E-state index contributed by atoms with van der Waals surface area (Å²) in [5, 5.41) is 0. The van der Waals surface area contributed by atoms with Crippen LogP contribution in [0.5, 0.6) is 0 Å². The maximum Gasteiger partial charge on any atom is 0.302 e. The van der Waals surface area contributed by atoms with Gasteiger partial charge in [-0.05, 0) is 18.6 Å². The zero-order chi connectivity index (χ0) is 10.8. The molecule has 1 aromatic rings. The van der Waals surface area contributed by atoms with Crippen molar-refractivity contribution in [1.29, 1.82) is 0 Å². The molecule has 0 amide bonds. The minimum absolute atomic E-state index is 0.409. The highest BCUT2D eigenvalue weighted by molar-refractivity contribution is 7.86. The Hall–Kier alpha value is -1.04. The van der Waals surface area contributed by atoms with Crippen LogP contribution in [0.2, 0.25) is 0 Å². The van der Waals surface area contributed by atoms with Gasteiger partial charge in [-0.15, -0.1) is 3.89 Å². The molecule has 6 heteroatoms. The lowest BCUT2D eigenvalue weighted by molar-refractivity contribution is 0.542. The Balaban J connectivity index is 2.87. The van der Waals surface area contributed by atoms with E-state index in [4.69, 9.17) is 0 Å². The van der Waals surface area contributed by atoms with Crippen LogP contribution in [-0.2, 0) is 16.6 Å². The molecule has 0 aromatic heterocycles. The fraction of sp³-hybridized carbons (Fsp3) is 0.250. The minimum Gasteiger partial charge on any atom is -0.207 e. The lowest BCUT2D eigenvalue weighted by Crippen LogP contribution is -2.05. The maximum absolute atomic E-state index is 12.9. The highest BCUT2D eigenvalue weighted by atomic mass is 32.3. The van der Waals surface area contributed by atoms with Crippen LogP contribution in [-0.4, -0.2) is 14.2 Å². The van der Waals surface area contributed by atoms with E-state index in [1.807, 2.05) is 0 Å². The second-order valence-electron chi connectivity index (χ2n) is 2.69. The van der Waals surface area contributed by atoms with E-state index in [0.717, 1.165) is 18.2 Å². The SMILES string of the molecule is O=S(=O)(F)CCc1c(F)cccc1F. The van der Waals surface area contributed by atoms with E-state index in [2.05, 4.69) is 0 Å². The molecule has 0 N–H and O–H groups in total. The number of halogens is 3. The summed E-state index contributed by atoms with van der Waals surface area (Å²) in [6.45, 7) is 0. The van der Waals surface area contributed by atoms with Gasteiger partial charge in [0.15, 0.2) is 0 Å². The third kappa shape index (κ3) is 3.02. The van der Waals surface area contributed by atoms with Crippen LogP contribution in [0.4, 0.5) is 12.7 Å². The molecule has 0 fully saturated rings. The Kier molecular flexibility index (Phi) is 3.15. The number of benzene rings is 1. The maximum atomic E-state index is 12.9. The number of rotatable bonds is 3. The van der Waals surface area contributed by atoms with Gasteiger partial charge in [-0.3, -0.25) is 0 Å².